The second-order valence-corrected chi connectivity index (χ2v) is 7.32. The first-order valence-electron chi connectivity index (χ1n) is 9.98. The quantitative estimate of drug-likeness (QED) is 0.627. The van der Waals surface area contributed by atoms with E-state index >= 15 is 0 Å². The Morgan fingerprint density at radius 1 is 0.903 bits per heavy atom. The van der Waals surface area contributed by atoms with Crippen molar-refractivity contribution in [2.24, 2.45) is 0 Å². The van der Waals surface area contributed by atoms with Crippen LogP contribution in [0.5, 0.6) is 0 Å². The van der Waals surface area contributed by atoms with Crippen molar-refractivity contribution in [3.63, 3.8) is 0 Å². The number of carbonyl (C=O) groups is 2. The molecule has 1 N–H and O–H groups in total. The van der Waals surface area contributed by atoms with Crippen LogP contribution < -0.4 is 10.2 Å². The molecule has 158 valence electrons. The van der Waals surface area contributed by atoms with Crippen LogP contribution in [-0.2, 0) is 6.54 Å². The zero-order chi connectivity index (χ0) is 21.8. The highest BCUT2D eigenvalue weighted by Gasteiger charge is 2.28. The molecule has 0 bridgehead atoms. The number of rotatable bonds is 5. The van der Waals surface area contributed by atoms with Gasteiger partial charge in [-0.1, -0.05) is 24.3 Å². The number of hydrogen-bond acceptors (Lipinski definition) is 2. The summed E-state index contributed by atoms with van der Waals surface area (Å²) in [4.78, 5) is 29.0. The Labute approximate surface area is 178 Å². The topological polar surface area (TPSA) is 52.7 Å². The van der Waals surface area contributed by atoms with Gasteiger partial charge in [-0.05, 0) is 60.5 Å². The van der Waals surface area contributed by atoms with Gasteiger partial charge in [-0.3, -0.25) is 9.69 Å². The van der Waals surface area contributed by atoms with Crippen molar-refractivity contribution >= 4 is 23.3 Å². The summed E-state index contributed by atoms with van der Waals surface area (Å²) in [6.45, 7) is 1.37. The predicted octanol–water partition coefficient (Wildman–Crippen LogP) is 5.05. The first-order chi connectivity index (χ1) is 15.0. The summed E-state index contributed by atoms with van der Waals surface area (Å²) in [6.07, 6.45) is 0.737. The van der Waals surface area contributed by atoms with E-state index < -0.39 is 11.7 Å². The zero-order valence-electron chi connectivity index (χ0n) is 16.7. The van der Waals surface area contributed by atoms with Crippen LogP contribution >= 0.6 is 0 Å². The van der Waals surface area contributed by atoms with E-state index in [1.54, 1.807) is 46.2 Å². The van der Waals surface area contributed by atoms with E-state index in [9.17, 15) is 18.4 Å². The van der Waals surface area contributed by atoms with Gasteiger partial charge < -0.3 is 10.2 Å². The summed E-state index contributed by atoms with van der Waals surface area (Å²) < 4.78 is 26.7. The lowest BCUT2D eigenvalue weighted by atomic mass is 10.1. The van der Waals surface area contributed by atoms with E-state index in [1.807, 2.05) is 0 Å². The highest BCUT2D eigenvalue weighted by Crippen LogP contribution is 2.29. The van der Waals surface area contributed by atoms with Gasteiger partial charge in [0.05, 0.1) is 11.4 Å². The van der Waals surface area contributed by atoms with Gasteiger partial charge in [0, 0.05) is 25.2 Å². The van der Waals surface area contributed by atoms with Gasteiger partial charge >= 0.3 is 6.03 Å². The first kappa shape index (κ1) is 20.5. The van der Waals surface area contributed by atoms with Gasteiger partial charge in [-0.2, -0.15) is 0 Å². The average molecular weight is 421 g/mol. The second-order valence-electron chi connectivity index (χ2n) is 7.32. The number of urea groups is 1. The molecular weight excluding hydrogens is 400 g/mol. The molecule has 31 heavy (non-hydrogen) atoms. The summed E-state index contributed by atoms with van der Waals surface area (Å²) in [7, 11) is 0. The molecule has 0 atom stereocenters. The number of para-hydroxylation sites is 2. The maximum Gasteiger partial charge on any atom is 0.324 e. The molecule has 1 aliphatic rings. The van der Waals surface area contributed by atoms with Crippen LogP contribution in [0.25, 0.3) is 0 Å². The van der Waals surface area contributed by atoms with E-state index in [-0.39, 0.29) is 11.8 Å². The van der Waals surface area contributed by atoms with E-state index in [4.69, 9.17) is 0 Å². The molecule has 0 spiro atoms. The summed E-state index contributed by atoms with van der Waals surface area (Å²) >= 11 is 0. The number of halogens is 2. The molecule has 3 aromatic carbocycles. The van der Waals surface area contributed by atoms with Crippen molar-refractivity contribution < 1.29 is 18.4 Å². The minimum absolute atomic E-state index is 0.209. The Balaban J connectivity index is 1.54. The second kappa shape index (κ2) is 8.95. The number of amides is 3. The maximum atomic E-state index is 13.5. The largest absolute Gasteiger partial charge is 0.324 e. The van der Waals surface area contributed by atoms with Crippen LogP contribution in [0.2, 0.25) is 0 Å². The summed E-state index contributed by atoms with van der Waals surface area (Å²) in [5.74, 6) is -1.16. The fraction of sp³-hybridized carbons (Fsp3) is 0.167. The minimum Gasteiger partial charge on any atom is -0.320 e. The van der Waals surface area contributed by atoms with E-state index in [0.717, 1.165) is 6.42 Å². The lowest BCUT2D eigenvalue weighted by Gasteiger charge is -2.36. The van der Waals surface area contributed by atoms with E-state index in [2.05, 4.69) is 5.32 Å². The zero-order valence-corrected chi connectivity index (χ0v) is 16.7. The molecule has 0 radical (unpaired) electrons. The maximum absolute atomic E-state index is 13.5. The van der Waals surface area contributed by atoms with Crippen molar-refractivity contribution in [3.05, 3.63) is 95.6 Å². The monoisotopic (exact) mass is 421 g/mol. The van der Waals surface area contributed by atoms with Crippen LogP contribution in [0, 0.1) is 11.6 Å². The van der Waals surface area contributed by atoms with Crippen molar-refractivity contribution in [2.45, 2.75) is 13.0 Å². The molecule has 5 nitrogen and oxygen atoms in total. The molecule has 1 heterocycles. The van der Waals surface area contributed by atoms with Gasteiger partial charge in [0.1, 0.15) is 11.6 Å². The van der Waals surface area contributed by atoms with Gasteiger partial charge in [-0.15, -0.1) is 0 Å². The van der Waals surface area contributed by atoms with Crippen molar-refractivity contribution in [3.8, 4) is 0 Å². The van der Waals surface area contributed by atoms with E-state index in [1.165, 1.54) is 36.4 Å². The molecule has 1 fully saturated rings. The van der Waals surface area contributed by atoms with Crippen molar-refractivity contribution in [2.75, 3.05) is 23.3 Å². The third-order valence-electron chi connectivity index (χ3n) is 5.12. The minimum atomic E-state index is -0.422. The normalized spacial score (nSPS) is 13.9. The fourth-order valence-electron chi connectivity index (χ4n) is 3.62. The van der Waals surface area contributed by atoms with Crippen LogP contribution in [-0.4, -0.2) is 29.9 Å². The fourth-order valence-corrected chi connectivity index (χ4v) is 3.62. The summed E-state index contributed by atoms with van der Waals surface area (Å²) in [5.41, 5.74) is 2.09. The molecule has 3 amide bonds. The molecule has 0 aliphatic carbocycles. The first-order valence-corrected chi connectivity index (χ1v) is 9.98. The summed E-state index contributed by atoms with van der Waals surface area (Å²) in [5, 5.41) is 2.81. The Morgan fingerprint density at radius 2 is 1.68 bits per heavy atom. The highest BCUT2D eigenvalue weighted by atomic mass is 19.1. The molecule has 1 saturated heterocycles. The molecule has 0 unspecified atom stereocenters. The molecule has 7 heteroatoms. The Hall–Kier alpha value is -3.74. The van der Waals surface area contributed by atoms with E-state index in [0.29, 0.717) is 42.1 Å². The lowest BCUT2D eigenvalue weighted by molar-refractivity contribution is 0.102. The molecule has 4 rings (SSSR count). The molecular formula is C24H21F2N3O2. The molecule has 0 saturated carbocycles. The number of carbonyl (C=O) groups excluding carboxylic acids is 2. The number of nitrogens with zero attached hydrogens (tertiary/aromatic N) is 2. The SMILES string of the molecule is O=C(Nc1ccccc1N1CCCN(Cc2cccc(F)c2)C1=O)c1ccc(F)cc1. The standard InChI is InChI=1S/C24H21F2N3O2/c25-19-11-9-18(10-12-19)23(30)27-21-7-1-2-8-22(21)29-14-4-13-28(24(29)31)16-17-5-3-6-20(26)15-17/h1-3,5-12,15H,4,13-14,16H2,(H,27,30). The Morgan fingerprint density at radius 3 is 2.45 bits per heavy atom. The number of benzene rings is 3. The van der Waals surface area contributed by atoms with Gasteiger partial charge in [0.15, 0.2) is 0 Å². The van der Waals surface area contributed by atoms with Crippen LogP contribution in [0.1, 0.15) is 22.3 Å². The van der Waals surface area contributed by atoms with Gasteiger partial charge in [-0.25, -0.2) is 13.6 Å². The number of nitrogens with one attached hydrogen (secondary N) is 1. The van der Waals surface area contributed by atoms with Gasteiger partial charge in [0.25, 0.3) is 5.91 Å². The van der Waals surface area contributed by atoms with Crippen LogP contribution in [0.3, 0.4) is 0 Å². The third kappa shape index (κ3) is 4.71. The third-order valence-corrected chi connectivity index (χ3v) is 5.12. The highest BCUT2D eigenvalue weighted by molar-refractivity contribution is 6.07. The lowest BCUT2D eigenvalue weighted by Crippen LogP contribution is -2.49. The number of hydrogen-bond donors (Lipinski definition) is 1. The van der Waals surface area contributed by atoms with Crippen LogP contribution in [0.15, 0.2) is 72.8 Å². The summed E-state index contributed by atoms with van der Waals surface area (Å²) in [6, 6.07) is 18.3. The van der Waals surface area contributed by atoms with Crippen LogP contribution in [0.4, 0.5) is 25.0 Å². The smallest absolute Gasteiger partial charge is 0.320 e. The average Bonchev–Trinajstić information content (AvgIpc) is 2.76. The molecule has 1 aliphatic heterocycles. The van der Waals surface area contributed by atoms with Crippen molar-refractivity contribution in [1.29, 1.82) is 0 Å². The number of anilines is 2. The Kier molecular flexibility index (Phi) is 5.93. The molecule has 3 aromatic rings. The van der Waals surface area contributed by atoms with Crippen molar-refractivity contribution in [1.82, 2.24) is 4.90 Å². The molecule has 0 aromatic heterocycles. The Bertz CT molecular complexity index is 1100. The van der Waals surface area contributed by atoms with Gasteiger partial charge in [0.2, 0.25) is 0 Å². The predicted molar refractivity (Wildman–Crippen MR) is 115 cm³/mol.